The van der Waals surface area contributed by atoms with Gasteiger partial charge >= 0.3 is 0 Å². The van der Waals surface area contributed by atoms with Crippen LogP contribution in [0.1, 0.15) is 44.5 Å². The van der Waals surface area contributed by atoms with Gasteiger partial charge in [-0.2, -0.15) is 0 Å². The fourth-order valence-electron chi connectivity index (χ4n) is 3.05. The predicted molar refractivity (Wildman–Crippen MR) is 95.2 cm³/mol. The monoisotopic (exact) mass is 343 g/mol. The number of primary amides is 1. The highest BCUT2D eigenvalue weighted by Crippen LogP contribution is 2.27. The van der Waals surface area contributed by atoms with Crippen LogP contribution in [-0.4, -0.2) is 36.3 Å². The Bertz CT molecular complexity index is 709. The third-order valence-corrected chi connectivity index (χ3v) is 5.29. The molecule has 6 heteroatoms. The van der Waals surface area contributed by atoms with Crippen LogP contribution in [0.25, 0.3) is 0 Å². The number of carbonyl (C=O) groups excluding carboxylic acids is 2. The van der Waals surface area contributed by atoms with E-state index in [9.17, 15) is 9.59 Å². The number of nitrogens with zero attached hydrogens (tertiary/aromatic N) is 1. The molecular weight excluding hydrogens is 322 g/mol. The molecule has 3 N–H and O–H groups in total. The van der Waals surface area contributed by atoms with Crippen molar-refractivity contribution in [3.8, 4) is 0 Å². The lowest BCUT2D eigenvalue weighted by Crippen LogP contribution is -2.36. The number of hydrogen-bond donors (Lipinski definition) is 2. The van der Waals surface area contributed by atoms with Crippen LogP contribution in [0.15, 0.2) is 41.8 Å². The van der Waals surface area contributed by atoms with E-state index in [1.807, 2.05) is 6.07 Å². The molecule has 1 aromatic carbocycles. The van der Waals surface area contributed by atoms with Crippen molar-refractivity contribution in [1.29, 1.82) is 0 Å². The molecule has 2 heterocycles. The van der Waals surface area contributed by atoms with E-state index >= 15 is 0 Å². The van der Waals surface area contributed by atoms with Gasteiger partial charge in [-0.05, 0) is 55.6 Å². The van der Waals surface area contributed by atoms with E-state index in [4.69, 9.17) is 5.73 Å². The number of rotatable bonds is 6. The summed E-state index contributed by atoms with van der Waals surface area (Å²) in [5, 5.41) is 5.07. The molecule has 2 aromatic rings. The van der Waals surface area contributed by atoms with Crippen LogP contribution >= 0.6 is 11.3 Å². The van der Waals surface area contributed by atoms with Crippen LogP contribution in [0.5, 0.6) is 0 Å². The van der Waals surface area contributed by atoms with Crippen molar-refractivity contribution in [2.24, 2.45) is 5.73 Å². The van der Waals surface area contributed by atoms with Gasteiger partial charge in [-0.3, -0.25) is 14.5 Å². The molecular formula is C18H21N3O2S. The molecule has 24 heavy (non-hydrogen) atoms. The molecule has 126 valence electrons. The summed E-state index contributed by atoms with van der Waals surface area (Å²) in [5.74, 6) is -0.711. The normalized spacial score (nSPS) is 16.0. The zero-order valence-corrected chi connectivity index (χ0v) is 14.2. The predicted octanol–water partition coefficient (Wildman–Crippen LogP) is 2.41. The molecule has 1 aliphatic heterocycles. The molecule has 1 aromatic heterocycles. The van der Waals surface area contributed by atoms with Gasteiger partial charge in [0, 0.05) is 22.5 Å². The van der Waals surface area contributed by atoms with Gasteiger partial charge in [0.2, 0.25) is 5.91 Å². The number of hydrogen-bond acceptors (Lipinski definition) is 4. The van der Waals surface area contributed by atoms with E-state index in [0.29, 0.717) is 17.7 Å². The van der Waals surface area contributed by atoms with Gasteiger partial charge < -0.3 is 11.1 Å². The summed E-state index contributed by atoms with van der Waals surface area (Å²) in [6.07, 6.45) is 2.41. The Labute approximate surface area is 145 Å². The number of nitrogens with two attached hydrogens (primary N) is 1. The number of amides is 2. The second-order valence-electron chi connectivity index (χ2n) is 5.93. The highest BCUT2D eigenvalue weighted by molar-refractivity contribution is 7.10. The third kappa shape index (κ3) is 3.83. The van der Waals surface area contributed by atoms with Gasteiger partial charge in [0.25, 0.3) is 5.91 Å². The fraction of sp³-hybridized carbons (Fsp3) is 0.333. The van der Waals surface area contributed by atoms with E-state index in [1.54, 1.807) is 29.5 Å². The first kappa shape index (κ1) is 16.7. The maximum absolute atomic E-state index is 12.4. The molecule has 1 fully saturated rings. The summed E-state index contributed by atoms with van der Waals surface area (Å²) in [4.78, 5) is 27.4. The summed E-state index contributed by atoms with van der Waals surface area (Å²) >= 11 is 1.72. The largest absolute Gasteiger partial charge is 0.366 e. The summed E-state index contributed by atoms with van der Waals surface area (Å²) in [6, 6.07) is 10.9. The van der Waals surface area contributed by atoms with Gasteiger partial charge in [0.05, 0.1) is 6.04 Å². The Hall–Kier alpha value is -2.18. The molecule has 2 amide bonds. The molecule has 1 saturated heterocycles. The Morgan fingerprint density at radius 1 is 1.17 bits per heavy atom. The Morgan fingerprint density at radius 2 is 1.92 bits per heavy atom. The summed E-state index contributed by atoms with van der Waals surface area (Å²) < 4.78 is 0. The number of likely N-dealkylation sites (tertiary alicyclic amines) is 1. The van der Waals surface area contributed by atoms with Crippen molar-refractivity contribution in [1.82, 2.24) is 10.2 Å². The van der Waals surface area contributed by atoms with Crippen molar-refractivity contribution in [2.75, 3.05) is 19.6 Å². The van der Waals surface area contributed by atoms with Gasteiger partial charge in [0.1, 0.15) is 0 Å². The van der Waals surface area contributed by atoms with Gasteiger partial charge in [-0.1, -0.05) is 12.1 Å². The van der Waals surface area contributed by atoms with E-state index < -0.39 is 5.91 Å². The van der Waals surface area contributed by atoms with E-state index in [1.165, 1.54) is 23.8 Å². The zero-order valence-electron chi connectivity index (χ0n) is 13.4. The van der Waals surface area contributed by atoms with Gasteiger partial charge in [-0.25, -0.2) is 0 Å². The molecule has 1 atom stereocenters. The maximum atomic E-state index is 12.4. The molecule has 0 radical (unpaired) electrons. The molecule has 1 aliphatic rings. The first-order valence-electron chi connectivity index (χ1n) is 8.10. The molecule has 0 saturated carbocycles. The second-order valence-corrected chi connectivity index (χ2v) is 6.91. The first-order valence-corrected chi connectivity index (χ1v) is 8.98. The van der Waals surface area contributed by atoms with E-state index in [0.717, 1.165) is 13.1 Å². The Kier molecular flexibility index (Phi) is 5.27. The molecule has 3 rings (SSSR count). The molecule has 5 nitrogen and oxygen atoms in total. The summed E-state index contributed by atoms with van der Waals surface area (Å²) in [7, 11) is 0. The van der Waals surface area contributed by atoms with Crippen LogP contribution in [0.2, 0.25) is 0 Å². The van der Waals surface area contributed by atoms with Crippen LogP contribution < -0.4 is 11.1 Å². The van der Waals surface area contributed by atoms with Crippen LogP contribution in [0, 0.1) is 0 Å². The average molecular weight is 343 g/mol. The number of benzene rings is 1. The standard InChI is InChI=1S/C18H21N3O2S/c19-17(22)13-5-3-6-14(11-13)18(23)20-12-15(16-7-4-10-24-16)21-8-1-2-9-21/h3-7,10-11,15H,1-2,8-9,12H2,(H2,19,22)(H,20,23). The van der Waals surface area contributed by atoms with Crippen molar-refractivity contribution < 1.29 is 9.59 Å². The minimum atomic E-state index is -0.529. The lowest BCUT2D eigenvalue weighted by molar-refractivity contribution is 0.0938. The highest BCUT2D eigenvalue weighted by Gasteiger charge is 2.24. The quantitative estimate of drug-likeness (QED) is 0.846. The first-order chi connectivity index (χ1) is 11.6. The van der Waals surface area contributed by atoms with Gasteiger partial charge in [0.15, 0.2) is 0 Å². The summed E-state index contributed by atoms with van der Waals surface area (Å²) in [6.45, 7) is 2.69. The average Bonchev–Trinajstić information content (AvgIpc) is 3.29. The zero-order chi connectivity index (χ0) is 16.9. The number of nitrogens with one attached hydrogen (secondary N) is 1. The molecule has 0 bridgehead atoms. The Morgan fingerprint density at radius 3 is 2.58 bits per heavy atom. The lowest BCUT2D eigenvalue weighted by Gasteiger charge is -2.27. The van der Waals surface area contributed by atoms with Crippen LogP contribution in [-0.2, 0) is 0 Å². The summed E-state index contributed by atoms with van der Waals surface area (Å²) in [5.41, 5.74) is 6.08. The fourth-order valence-corrected chi connectivity index (χ4v) is 3.91. The SMILES string of the molecule is NC(=O)c1cccc(C(=O)NCC(c2cccs2)N2CCCC2)c1. The smallest absolute Gasteiger partial charge is 0.251 e. The van der Waals surface area contributed by atoms with E-state index in [2.05, 4.69) is 21.7 Å². The number of thiophene rings is 1. The number of carbonyl (C=O) groups is 2. The maximum Gasteiger partial charge on any atom is 0.251 e. The minimum Gasteiger partial charge on any atom is -0.366 e. The molecule has 1 unspecified atom stereocenters. The lowest BCUT2D eigenvalue weighted by atomic mass is 10.1. The Balaban J connectivity index is 1.69. The highest BCUT2D eigenvalue weighted by atomic mass is 32.1. The van der Waals surface area contributed by atoms with Crippen molar-refractivity contribution in [3.63, 3.8) is 0 Å². The third-order valence-electron chi connectivity index (χ3n) is 4.32. The topological polar surface area (TPSA) is 75.4 Å². The van der Waals surface area contributed by atoms with Crippen molar-refractivity contribution in [2.45, 2.75) is 18.9 Å². The van der Waals surface area contributed by atoms with Gasteiger partial charge in [-0.15, -0.1) is 11.3 Å². The van der Waals surface area contributed by atoms with Crippen molar-refractivity contribution >= 4 is 23.2 Å². The van der Waals surface area contributed by atoms with Crippen LogP contribution in [0.3, 0.4) is 0 Å². The second kappa shape index (κ2) is 7.59. The van der Waals surface area contributed by atoms with Crippen LogP contribution in [0.4, 0.5) is 0 Å². The molecule has 0 aliphatic carbocycles. The van der Waals surface area contributed by atoms with E-state index in [-0.39, 0.29) is 11.9 Å². The molecule has 0 spiro atoms. The minimum absolute atomic E-state index is 0.182. The van der Waals surface area contributed by atoms with Crippen molar-refractivity contribution in [3.05, 3.63) is 57.8 Å².